The van der Waals surface area contributed by atoms with Gasteiger partial charge in [-0.25, -0.2) is 18.7 Å². The van der Waals surface area contributed by atoms with Crippen molar-refractivity contribution in [3.8, 4) is 0 Å². The lowest BCUT2D eigenvalue weighted by Crippen LogP contribution is -2.00. The molecule has 3 aromatic rings. The van der Waals surface area contributed by atoms with Crippen LogP contribution in [0.25, 0.3) is 5.52 Å². The van der Waals surface area contributed by atoms with Gasteiger partial charge in [0.05, 0.1) is 17.3 Å². The minimum atomic E-state index is -1.29. The van der Waals surface area contributed by atoms with Crippen LogP contribution in [0.5, 0.6) is 0 Å². The molecule has 0 bridgehead atoms. The topological polar surface area (TPSA) is 67.5 Å². The summed E-state index contributed by atoms with van der Waals surface area (Å²) in [4.78, 5) is 15.8. The first kappa shape index (κ1) is 12.6. The van der Waals surface area contributed by atoms with Crippen molar-refractivity contribution in [2.24, 2.45) is 0 Å². The highest BCUT2D eigenvalue weighted by molar-refractivity contribution is 7.99. The quantitative estimate of drug-likeness (QED) is 0.803. The number of carbonyl (C=O) groups is 1. The SMILES string of the molecule is O=C(O)c1cc(Sc2nccn3nccc23)ccc1F. The smallest absolute Gasteiger partial charge is 0.338 e. The number of carboxylic acids is 1. The average Bonchev–Trinajstić information content (AvgIpc) is 2.90. The van der Waals surface area contributed by atoms with Crippen LogP contribution < -0.4 is 0 Å². The lowest BCUT2D eigenvalue weighted by molar-refractivity contribution is 0.0691. The molecule has 2 aromatic heterocycles. The molecule has 3 rings (SSSR count). The van der Waals surface area contributed by atoms with Crippen molar-refractivity contribution < 1.29 is 14.3 Å². The summed E-state index contributed by atoms with van der Waals surface area (Å²) in [5, 5.41) is 13.7. The highest BCUT2D eigenvalue weighted by Crippen LogP contribution is 2.30. The standard InChI is InChI=1S/C13H8FN3O2S/c14-10-2-1-8(7-9(10)13(18)19)20-12-11-3-4-16-17(11)6-5-15-12/h1-7H,(H,18,19). The van der Waals surface area contributed by atoms with Crippen molar-refractivity contribution >= 4 is 23.2 Å². The van der Waals surface area contributed by atoms with E-state index in [1.807, 2.05) is 0 Å². The van der Waals surface area contributed by atoms with Crippen LogP contribution in [0.15, 0.2) is 52.8 Å². The minimum absolute atomic E-state index is 0.351. The number of nitrogens with zero attached hydrogens (tertiary/aromatic N) is 3. The van der Waals surface area contributed by atoms with Crippen molar-refractivity contribution in [3.05, 3.63) is 54.2 Å². The summed E-state index contributed by atoms with van der Waals surface area (Å²) in [5.41, 5.74) is 0.453. The molecule has 1 aromatic carbocycles. The van der Waals surface area contributed by atoms with Gasteiger partial charge in [-0.2, -0.15) is 5.10 Å². The highest BCUT2D eigenvalue weighted by atomic mass is 32.2. The van der Waals surface area contributed by atoms with Crippen molar-refractivity contribution in [2.45, 2.75) is 9.92 Å². The Morgan fingerprint density at radius 1 is 1.30 bits per heavy atom. The second-order valence-corrected chi connectivity index (χ2v) is 5.00. The zero-order chi connectivity index (χ0) is 14.1. The van der Waals surface area contributed by atoms with E-state index in [0.717, 1.165) is 11.6 Å². The summed E-state index contributed by atoms with van der Waals surface area (Å²) in [6, 6.07) is 5.76. The fraction of sp³-hybridized carbons (Fsp3) is 0. The summed E-state index contributed by atoms with van der Waals surface area (Å²) in [6.45, 7) is 0. The molecule has 1 N–H and O–H groups in total. The molecular formula is C13H8FN3O2S. The largest absolute Gasteiger partial charge is 0.478 e. The lowest BCUT2D eigenvalue weighted by atomic mass is 10.2. The van der Waals surface area contributed by atoms with Crippen LogP contribution in [0.3, 0.4) is 0 Å². The van der Waals surface area contributed by atoms with Crippen LogP contribution >= 0.6 is 11.8 Å². The normalized spacial score (nSPS) is 10.8. The molecule has 2 heterocycles. The summed E-state index contributed by atoms with van der Waals surface area (Å²) >= 11 is 1.26. The van der Waals surface area contributed by atoms with Crippen LogP contribution in [0, 0.1) is 5.82 Å². The number of fused-ring (bicyclic) bond motifs is 1. The molecule has 0 amide bonds. The first-order valence-electron chi connectivity index (χ1n) is 5.64. The zero-order valence-corrected chi connectivity index (χ0v) is 10.8. The number of carboxylic acid groups (broad SMARTS) is 1. The second-order valence-electron chi connectivity index (χ2n) is 3.94. The van der Waals surface area contributed by atoms with Crippen LogP contribution in [0.2, 0.25) is 0 Å². The van der Waals surface area contributed by atoms with Crippen LogP contribution in [0.4, 0.5) is 4.39 Å². The summed E-state index contributed by atoms with van der Waals surface area (Å²) < 4.78 is 15.0. The van der Waals surface area contributed by atoms with Gasteiger partial charge in [0.2, 0.25) is 0 Å². The van der Waals surface area contributed by atoms with E-state index in [2.05, 4.69) is 10.1 Å². The molecule has 0 saturated carbocycles. The fourth-order valence-corrected chi connectivity index (χ4v) is 2.67. The number of rotatable bonds is 3. The first-order chi connectivity index (χ1) is 9.65. The third-order valence-electron chi connectivity index (χ3n) is 2.67. The summed E-state index contributed by atoms with van der Waals surface area (Å²) in [5.74, 6) is -2.04. The Morgan fingerprint density at radius 2 is 2.15 bits per heavy atom. The first-order valence-corrected chi connectivity index (χ1v) is 6.46. The molecule has 100 valence electrons. The Hall–Kier alpha value is -2.41. The molecule has 20 heavy (non-hydrogen) atoms. The molecule has 0 atom stereocenters. The molecule has 0 fully saturated rings. The van der Waals surface area contributed by atoms with Crippen molar-refractivity contribution in [3.63, 3.8) is 0 Å². The Morgan fingerprint density at radius 3 is 2.95 bits per heavy atom. The second kappa shape index (κ2) is 4.93. The van der Waals surface area contributed by atoms with E-state index in [1.54, 1.807) is 29.2 Å². The predicted molar refractivity (Wildman–Crippen MR) is 70.5 cm³/mol. The van der Waals surface area contributed by atoms with E-state index >= 15 is 0 Å². The molecular weight excluding hydrogens is 281 g/mol. The van der Waals surface area contributed by atoms with Crippen LogP contribution in [-0.4, -0.2) is 25.7 Å². The summed E-state index contributed by atoms with van der Waals surface area (Å²) in [6.07, 6.45) is 4.96. The van der Waals surface area contributed by atoms with Gasteiger partial charge in [-0.1, -0.05) is 11.8 Å². The number of aromatic nitrogens is 3. The van der Waals surface area contributed by atoms with Gasteiger partial charge < -0.3 is 5.11 Å². The molecule has 5 nitrogen and oxygen atoms in total. The molecule has 0 radical (unpaired) electrons. The number of hydrogen-bond donors (Lipinski definition) is 1. The van der Waals surface area contributed by atoms with Crippen molar-refractivity contribution in [2.75, 3.05) is 0 Å². The van der Waals surface area contributed by atoms with Gasteiger partial charge in [-0.15, -0.1) is 0 Å². The Bertz CT molecular complexity index is 803. The zero-order valence-electron chi connectivity index (χ0n) is 10.0. The van der Waals surface area contributed by atoms with Crippen molar-refractivity contribution in [1.29, 1.82) is 0 Å². The van der Waals surface area contributed by atoms with Crippen molar-refractivity contribution in [1.82, 2.24) is 14.6 Å². The lowest BCUT2D eigenvalue weighted by Gasteiger charge is -2.04. The Balaban J connectivity index is 2.01. The summed E-state index contributed by atoms with van der Waals surface area (Å²) in [7, 11) is 0. The highest BCUT2D eigenvalue weighted by Gasteiger charge is 2.12. The van der Waals surface area contributed by atoms with E-state index in [-0.39, 0.29) is 5.56 Å². The maximum Gasteiger partial charge on any atom is 0.338 e. The van der Waals surface area contributed by atoms with E-state index in [9.17, 15) is 9.18 Å². The number of aromatic carboxylic acids is 1. The van der Waals surface area contributed by atoms with Gasteiger partial charge in [0, 0.05) is 17.3 Å². The molecule has 0 spiro atoms. The van der Waals surface area contributed by atoms with Gasteiger partial charge in [0.15, 0.2) is 0 Å². The van der Waals surface area contributed by atoms with Gasteiger partial charge >= 0.3 is 5.97 Å². The van der Waals surface area contributed by atoms with Crippen LogP contribution in [-0.2, 0) is 0 Å². The number of halogens is 1. The van der Waals surface area contributed by atoms with E-state index in [4.69, 9.17) is 5.11 Å². The maximum absolute atomic E-state index is 13.3. The molecule has 0 unspecified atom stereocenters. The van der Waals surface area contributed by atoms with Crippen LogP contribution in [0.1, 0.15) is 10.4 Å². The monoisotopic (exact) mass is 289 g/mol. The van der Waals surface area contributed by atoms with Gasteiger partial charge in [0.1, 0.15) is 10.8 Å². The molecule has 0 aliphatic rings. The Kier molecular flexibility index (Phi) is 3.11. The fourth-order valence-electron chi connectivity index (χ4n) is 1.75. The van der Waals surface area contributed by atoms with Gasteiger partial charge in [-0.05, 0) is 24.3 Å². The van der Waals surface area contributed by atoms with Gasteiger partial charge in [0.25, 0.3) is 0 Å². The number of benzene rings is 1. The molecule has 0 aliphatic heterocycles. The van der Waals surface area contributed by atoms with E-state index in [0.29, 0.717) is 9.92 Å². The van der Waals surface area contributed by atoms with E-state index in [1.165, 1.54) is 23.9 Å². The predicted octanol–water partition coefficient (Wildman–Crippen LogP) is 2.72. The minimum Gasteiger partial charge on any atom is -0.478 e. The average molecular weight is 289 g/mol. The Labute approximate surface area is 117 Å². The van der Waals surface area contributed by atoms with E-state index < -0.39 is 11.8 Å². The third-order valence-corrected chi connectivity index (χ3v) is 3.67. The van der Waals surface area contributed by atoms with Gasteiger partial charge in [-0.3, -0.25) is 0 Å². The molecule has 0 saturated heterocycles. The molecule has 0 aliphatic carbocycles. The molecule has 7 heteroatoms. The third kappa shape index (κ3) is 2.23. The maximum atomic E-state index is 13.3. The number of hydrogen-bond acceptors (Lipinski definition) is 4.